The van der Waals surface area contributed by atoms with Crippen LogP contribution < -0.4 is 4.90 Å². The van der Waals surface area contributed by atoms with Crippen molar-refractivity contribution in [3.05, 3.63) is 89.3 Å². The van der Waals surface area contributed by atoms with Crippen molar-refractivity contribution in [3.63, 3.8) is 0 Å². The topological polar surface area (TPSA) is 63.9 Å². The first-order valence-corrected chi connectivity index (χ1v) is 9.98. The third-order valence-corrected chi connectivity index (χ3v) is 4.85. The molecule has 0 unspecified atom stereocenters. The fraction of sp³-hybridized carbons (Fsp3) is 0.0909. The highest BCUT2D eigenvalue weighted by molar-refractivity contribution is 9.10. The Balaban J connectivity index is 1.79. The van der Waals surface area contributed by atoms with Crippen LogP contribution in [0, 0.1) is 0 Å². The van der Waals surface area contributed by atoms with Crippen molar-refractivity contribution in [2.45, 2.75) is 6.92 Å². The highest BCUT2D eigenvalue weighted by Crippen LogP contribution is 2.22. The lowest BCUT2D eigenvalue weighted by Crippen LogP contribution is -2.32. The van der Waals surface area contributed by atoms with E-state index in [9.17, 15) is 4.79 Å². The molecule has 0 aliphatic carbocycles. The van der Waals surface area contributed by atoms with Crippen LogP contribution in [0.15, 0.2) is 83.5 Å². The summed E-state index contributed by atoms with van der Waals surface area (Å²) in [5, 5.41) is 4.55. The average molecular weight is 448 g/mol. The summed E-state index contributed by atoms with van der Waals surface area (Å²) >= 11 is 3.37. The minimum Gasteiger partial charge on any atom is -0.290 e. The van der Waals surface area contributed by atoms with Crippen LogP contribution in [0.1, 0.15) is 17.5 Å². The molecule has 0 N–H and O–H groups in total. The number of para-hydroxylation sites is 1. The number of benzene rings is 2. The molecule has 2 heterocycles. The molecule has 6 nitrogen and oxygen atoms in total. The third-order valence-electron chi connectivity index (χ3n) is 4.38. The van der Waals surface area contributed by atoms with Crippen molar-refractivity contribution in [2.24, 2.45) is 0 Å². The van der Waals surface area contributed by atoms with E-state index in [-0.39, 0.29) is 11.7 Å². The lowest BCUT2D eigenvalue weighted by molar-refractivity contribution is 0.0977. The maximum atomic E-state index is 13.2. The van der Waals surface area contributed by atoms with E-state index in [1.54, 1.807) is 21.8 Å². The van der Waals surface area contributed by atoms with Crippen molar-refractivity contribution in [2.75, 3.05) is 11.4 Å². The van der Waals surface area contributed by atoms with Crippen molar-refractivity contribution in [1.29, 1.82) is 0 Å². The molecule has 1 amide bonds. The van der Waals surface area contributed by atoms with Gasteiger partial charge in [-0.2, -0.15) is 0 Å². The van der Waals surface area contributed by atoms with E-state index < -0.39 is 0 Å². The number of hydrogen-bond donors (Lipinski definition) is 0. The van der Waals surface area contributed by atoms with Gasteiger partial charge in [-0.25, -0.2) is 14.6 Å². The Morgan fingerprint density at radius 3 is 2.31 bits per heavy atom. The minimum absolute atomic E-state index is 0.124. The number of anilines is 1. The lowest BCUT2D eigenvalue weighted by Gasteiger charge is -2.17. The van der Waals surface area contributed by atoms with Gasteiger partial charge in [-0.3, -0.25) is 9.69 Å². The predicted molar refractivity (Wildman–Crippen MR) is 116 cm³/mol. The van der Waals surface area contributed by atoms with Crippen molar-refractivity contribution >= 4 is 27.7 Å². The van der Waals surface area contributed by atoms with E-state index in [1.165, 1.54) is 0 Å². The van der Waals surface area contributed by atoms with E-state index >= 15 is 0 Å². The van der Waals surface area contributed by atoms with Crippen LogP contribution >= 0.6 is 15.9 Å². The second kappa shape index (κ2) is 8.36. The highest BCUT2D eigenvalue weighted by Gasteiger charge is 2.24. The molecule has 144 valence electrons. The second-order valence-electron chi connectivity index (χ2n) is 6.26. The van der Waals surface area contributed by atoms with Crippen molar-refractivity contribution in [3.8, 4) is 17.1 Å². The molecule has 0 saturated carbocycles. The first kappa shape index (κ1) is 19.0. The van der Waals surface area contributed by atoms with E-state index in [0.29, 0.717) is 18.2 Å². The molecule has 29 heavy (non-hydrogen) atoms. The molecule has 0 bridgehead atoms. The molecule has 0 aliphatic rings. The van der Waals surface area contributed by atoms with Crippen LogP contribution in [0.4, 0.5) is 5.82 Å². The van der Waals surface area contributed by atoms with Gasteiger partial charge in [0.25, 0.3) is 5.91 Å². The van der Waals surface area contributed by atoms with Crippen LogP contribution in [0.5, 0.6) is 0 Å². The fourth-order valence-corrected chi connectivity index (χ4v) is 3.22. The van der Waals surface area contributed by atoms with Gasteiger partial charge in [-0.1, -0.05) is 48.5 Å². The van der Waals surface area contributed by atoms with Gasteiger partial charge < -0.3 is 0 Å². The van der Waals surface area contributed by atoms with Crippen LogP contribution in [-0.2, 0) is 0 Å². The Hall–Kier alpha value is -3.32. The summed E-state index contributed by atoms with van der Waals surface area (Å²) in [6.07, 6.45) is 1.66. The molecule has 0 aliphatic heterocycles. The second-order valence-corrected chi connectivity index (χ2v) is 7.17. The average Bonchev–Trinajstić information content (AvgIpc) is 3.22. The van der Waals surface area contributed by atoms with Gasteiger partial charge in [-0.15, -0.1) is 5.10 Å². The molecule has 0 spiro atoms. The molecule has 2 aromatic carbocycles. The van der Waals surface area contributed by atoms with Gasteiger partial charge in [-0.05, 0) is 47.1 Å². The Bertz CT molecular complexity index is 1050. The number of carbonyl (C=O) groups is 1. The van der Waals surface area contributed by atoms with Crippen LogP contribution in [-0.4, -0.2) is 32.2 Å². The van der Waals surface area contributed by atoms with Gasteiger partial charge in [0.1, 0.15) is 5.82 Å². The Morgan fingerprint density at radius 2 is 1.69 bits per heavy atom. The summed E-state index contributed by atoms with van der Waals surface area (Å²) in [6, 6.07) is 23.0. The van der Waals surface area contributed by atoms with Gasteiger partial charge in [0.15, 0.2) is 5.82 Å². The number of nitrogens with zero attached hydrogens (tertiary/aromatic N) is 5. The smallest absolute Gasteiger partial charge is 0.290 e. The number of pyridine rings is 1. The summed E-state index contributed by atoms with van der Waals surface area (Å²) in [7, 11) is 0. The summed E-state index contributed by atoms with van der Waals surface area (Å²) in [6.45, 7) is 2.35. The van der Waals surface area contributed by atoms with Crippen molar-refractivity contribution in [1.82, 2.24) is 19.7 Å². The zero-order valence-electron chi connectivity index (χ0n) is 15.7. The highest BCUT2D eigenvalue weighted by atomic mass is 79.9. The standard InChI is InChI=1S/C22H18BrN5O/c1-2-27(19-14-13-17(23)15-24-19)22(29)20-25-21(16-9-5-3-6-10-16)28(26-20)18-11-7-4-8-12-18/h3-15H,2H2,1H3. The summed E-state index contributed by atoms with van der Waals surface area (Å²) in [5.74, 6) is 0.992. The third kappa shape index (κ3) is 3.95. The quantitative estimate of drug-likeness (QED) is 0.442. The summed E-state index contributed by atoms with van der Waals surface area (Å²) < 4.78 is 2.55. The lowest BCUT2D eigenvalue weighted by atomic mass is 10.2. The predicted octanol–water partition coefficient (Wildman–Crippen LogP) is 4.76. The molecule has 0 radical (unpaired) electrons. The Labute approximate surface area is 177 Å². The summed E-state index contributed by atoms with van der Waals surface area (Å²) in [4.78, 5) is 23.7. The molecule has 4 aromatic rings. The van der Waals surface area contributed by atoms with E-state index in [4.69, 9.17) is 0 Å². The van der Waals surface area contributed by atoms with Gasteiger partial charge in [0, 0.05) is 22.8 Å². The SMILES string of the molecule is CCN(C(=O)c1nc(-c2ccccc2)n(-c2ccccc2)n1)c1ccc(Br)cn1. The zero-order valence-corrected chi connectivity index (χ0v) is 17.3. The zero-order chi connectivity index (χ0) is 20.2. The van der Waals surface area contributed by atoms with E-state index in [1.807, 2.05) is 73.7 Å². The number of rotatable bonds is 5. The van der Waals surface area contributed by atoms with Crippen molar-refractivity contribution < 1.29 is 4.79 Å². The Kier molecular flexibility index (Phi) is 5.48. The van der Waals surface area contributed by atoms with Gasteiger partial charge >= 0.3 is 0 Å². The van der Waals surface area contributed by atoms with Gasteiger partial charge in [0.05, 0.1) is 5.69 Å². The van der Waals surface area contributed by atoms with E-state index in [0.717, 1.165) is 15.7 Å². The fourth-order valence-electron chi connectivity index (χ4n) is 2.98. The maximum absolute atomic E-state index is 13.2. The first-order chi connectivity index (χ1) is 14.2. The molecular weight excluding hydrogens is 430 g/mol. The Morgan fingerprint density at radius 1 is 1.00 bits per heavy atom. The maximum Gasteiger partial charge on any atom is 0.299 e. The number of hydrogen-bond acceptors (Lipinski definition) is 4. The molecule has 2 aromatic heterocycles. The largest absolute Gasteiger partial charge is 0.299 e. The van der Waals surface area contributed by atoms with Crippen LogP contribution in [0.25, 0.3) is 17.1 Å². The van der Waals surface area contributed by atoms with Crippen LogP contribution in [0.2, 0.25) is 0 Å². The first-order valence-electron chi connectivity index (χ1n) is 9.18. The number of carbonyl (C=O) groups excluding carboxylic acids is 1. The summed E-state index contributed by atoms with van der Waals surface area (Å²) in [5.41, 5.74) is 1.72. The minimum atomic E-state index is -0.297. The normalized spacial score (nSPS) is 10.7. The molecule has 0 saturated heterocycles. The molecule has 7 heteroatoms. The number of amides is 1. The molecule has 0 atom stereocenters. The molecular formula is C22H18BrN5O. The molecule has 0 fully saturated rings. The number of aromatic nitrogens is 4. The van der Waals surface area contributed by atoms with Gasteiger partial charge in [0.2, 0.25) is 5.82 Å². The van der Waals surface area contributed by atoms with Crippen LogP contribution in [0.3, 0.4) is 0 Å². The monoisotopic (exact) mass is 447 g/mol. The van der Waals surface area contributed by atoms with E-state index in [2.05, 4.69) is 31.0 Å². The number of halogens is 1. The molecule has 4 rings (SSSR count).